The molecule has 0 aromatic carbocycles. The van der Waals surface area contributed by atoms with Crippen molar-refractivity contribution in [2.24, 2.45) is 0 Å². The maximum Gasteiger partial charge on any atom is 0.264 e. The molecule has 26 heavy (non-hydrogen) atoms. The summed E-state index contributed by atoms with van der Waals surface area (Å²) < 4.78 is 0. The van der Waals surface area contributed by atoms with Crippen LogP contribution >= 0.6 is 11.3 Å². The van der Waals surface area contributed by atoms with E-state index in [0.29, 0.717) is 22.8 Å². The molecule has 1 fully saturated rings. The van der Waals surface area contributed by atoms with Crippen molar-refractivity contribution in [1.29, 1.82) is 0 Å². The predicted octanol–water partition coefficient (Wildman–Crippen LogP) is 2.85. The third kappa shape index (κ3) is 3.11. The molecule has 0 unspecified atom stereocenters. The molecule has 2 aromatic heterocycles. The van der Waals surface area contributed by atoms with E-state index < -0.39 is 0 Å². The molecule has 0 saturated carbocycles. The highest BCUT2D eigenvalue weighted by atomic mass is 32.1. The van der Waals surface area contributed by atoms with Gasteiger partial charge >= 0.3 is 0 Å². The van der Waals surface area contributed by atoms with Gasteiger partial charge in [-0.3, -0.25) is 9.59 Å². The van der Waals surface area contributed by atoms with E-state index in [-0.39, 0.29) is 11.7 Å². The van der Waals surface area contributed by atoms with Crippen LogP contribution in [0.5, 0.6) is 0 Å². The molecule has 1 saturated heterocycles. The van der Waals surface area contributed by atoms with Crippen molar-refractivity contribution in [3.8, 4) is 0 Å². The van der Waals surface area contributed by atoms with Crippen LogP contribution in [-0.4, -0.2) is 46.2 Å². The number of Topliss-reactive ketones (excluding diaryl/α,β-unsaturated/α-hetero) is 1. The van der Waals surface area contributed by atoms with E-state index in [1.54, 1.807) is 12.1 Å². The van der Waals surface area contributed by atoms with E-state index in [9.17, 15) is 9.59 Å². The van der Waals surface area contributed by atoms with Crippen LogP contribution in [0.4, 0.5) is 5.82 Å². The van der Waals surface area contributed by atoms with Crippen LogP contribution in [0.15, 0.2) is 12.1 Å². The van der Waals surface area contributed by atoms with Gasteiger partial charge in [-0.25, -0.2) is 9.97 Å². The number of carbonyl (C=O) groups is 2. The Kier molecular flexibility index (Phi) is 4.48. The van der Waals surface area contributed by atoms with Crippen LogP contribution in [-0.2, 0) is 13.0 Å². The fourth-order valence-corrected chi connectivity index (χ4v) is 4.56. The lowest BCUT2D eigenvalue weighted by atomic mass is 10.0. The van der Waals surface area contributed by atoms with Gasteiger partial charge in [0.2, 0.25) is 0 Å². The number of hydrogen-bond acceptors (Lipinski definition) is 6. The Labute approximate surface area is 156 Å². The summed E-state index contributed by atoms with van der Waals surface area (Å²) in [4.78, 5) is 39.1. The number of nitrogens with zero attached hydrogens (tertiary/aromatic N) is 4. The Morgan fingerprint density at radius 2 is 1.81 bits per heavy atom. The molecule has 136 valence electrons. The van der Waals surface area contributed by atoms with E-state index in [4.69, 9.17) is 4.98 Å². The molecule has 0 atom stereocenters. The summed E-state index contributed by atoms with van der Waals surface area (Å²) in [5.41, 5.74) is 2.15. The van der Waals surface area contributed by atoms with E-state index >= 15 is 0 Å². The van der Waals surface area contributed by atoms with Crippen LogP contribution in [0.2, 0.25) is 0 Å². The highest BCUT2D eigenvalue weighted by Crippen LogP contribution is 2.30. The molecule has 6 nitrogen and oxygen atoms in total. The van der Waals surface area contributed by atoms with Gasteiger partial charge in [0.05, 0.1) is 22.0 Å². The second-order valence-corrected chi connectivity index (χ2v) is 7.99. The highest BCUT2D eigenvalue weighted by Gasteiger charge is 2.28. The van der Waals surface area contributed by atoms with Crippen molar-refractivity contribution in [3.05, 3.63) is 39.0 Å². The average Bonchev–Trinajstić information content (AvgIpc) is 3.31. The summed E-state index contributed by atoms with van der Waals surface area (Å²) in [6.45, 7) is 6.71. The lowest BCUT2D eigenvalue weighted by Gasteiger charge is -2.31. The summed E-state index contributed by atoms with van der Waals surface area (Å²) in [5, 5.41) is 0. The Hall–Kier alpha value is -2.28. The SMILES string of the molecule is CC(=O)c1ccc(C(=O)N2CCc3c(nc(C)nc3N3CCCC3)C2)s1. The van der Waals surface area contributed by atoms with E-state index in [1.165, 1.54) is 36.7 Å². The Morgan fingerprint density at radius 1 is 1.08 bits per heavy atom. The van der Waals surface area contributed by atoms with Crippen molar-refractivity contribution < 1.29 is 9.59 Å². The van der Waals surface area contributed by atoms with Gasteiger partial charge in [0.1, 0.15) is 11.6 Å². The highest BCUT2D eigenvalue weighted by molar-refractivity contribution is 7.15. The molecular weight excluding hydrogens is 348 g/mol. The minimum atomic E-state index is -0.0212. The number of aromatic nitrogens is 2. The first-order valence-corrected chi connectivity index (χ1v) is 9.86. The Balaban J connectivity index is 1.59. The topological polar surface area (TPSA) is 66.4 Å². The molecule has 0 radical (unpaired) electrons. The maximum absolute atomic E-state index is 12.8. The number of rotatable bonds is 3. The minimum Gasteiger partial charge on any atom is -0.356 e. The molecule has 0 aliphatic carbocycles. The third-order valence-corrected chi connectivity index (χ3v) is 6.19. The largest absolute Gasteiger partial charge is 0.356 e. The molecule has 0 spiro atoms. The number of amides is 1. The van der Waals surface area contributed by atoms with Crippen LogP contribution < -0.4 is 4.90 Å². The number of fused-ring (bicyclic) bond motifs is 1. The number of ketones is 1. The van der Waals surface area contributed by atoms with Crippen LogP contribution in [0, 0.1) is 6.92 Å². The van der Waals surface area contributed by atoms with Gasteiger partial charge in [0, 0.05) is 25.2 Å². The van der Waals surface area contributed by atoms with Gasteiger partial charge in [0.15, 0.2) is 5.78 Å². The quantitative estimate of drug-likeness (QED) is 0.777. The summed E-state index contributed by atoms with van der Waals surface area (Å²) in [6, 6.07) is 3.48. The normalized spacial score (nSPS) is 16.7. The lowest BCUT2D eigenvalue weighted by molar-refractivity contribution is 0.0736. The molecule has 0 bridgehead atoms. The first kappa shape index (κ1) is 17.1. The molecule has 2 aromatic rings. The Morgan fingerprint density at radius 3 is 2.50 bits per heavy atom. The zero-order valence-electron chi connectivity index (χ0n) is 15.1. The van der Waals surface area contributed by atoms with Crippen LogP contribution in [0.3, 0.4) is 0 Å². The zero-order valence-corrected chi connectivity index (χ0v) is 15.9. The van der Waals surface area contributed by atoms with E-state index in [2.05, 4.69) is 9.88 Å². The second-order valence-electron chi connectivity index (χ2n) is 6.91. The monoisotopic (exact) mass is 370 g/mol. The predicted molar refractivity (Wildman–Crippen MR) is 101 cm³/mol. The van der Waals surface area contributed by atoms with Gasteiger partial charge in [-0.15, -0.1) is 11.3 Å². The smallest absolute Gasteiger partial charge is 0.264 e. The standard InChI is InChI=1S/C19H22N4O2S/c1-12(24)16-5-6-17(26-16)19(25)23-10-7-14-15(11-23)20-13(2)21-18(14)22-8-3-4-9-22/h5-6H,3-4,7-11H2,1-2H3. The second kappa shape index (κ2) is 6.79. The van der Waals surface area contributed by atoms with Gasteiger partial charge in [-0.2, -0.15) is 0 Å². The molecule has 0 N–H and O–H groups in total. The first-order valence-electron chi connectivity index (χ1n) is 9.04. The lowest BCUT2D eigenvalue weighted by Crippen LogP contribution is -2.37. The number of anilines is 1. The number of carbonyl (C=O) groups excluding carboxylic acids is 2. The van der Waals surface area contributed by atoms with E-state index in [0.717, 1.165) is 36.8 Å². The van der Waals surface area contributed by atoms with Crippen molar-refractivity contribution in [2.45, 2.75) is 39.7 Å². The maximum atomic E-state index is 12.8. The van der Waals surface area contributed by atoms with Crippen LogP contribution in [0.25, 0.3) is 0 Å². The summed E-state index contributed by atoms with van der Waals surface area (Å²) in [6.07, 6.45) is 3.19. The number of aryl methyl sites for hydroxylation is 1. The third-order valence-electron chi connectivity index (χ3n) is 5.01. The van der Waals surface area contributed by atoms with Gasteiger partial charge < -0.3 is 9.80 Å². The van der Waals surface area contributed by atoms with Crippen LogP contribution in [0.1, 0.15) is 56.2 Å². The van der Waals surface area contributed by atoms with Gasteiger partial charge in [-0.05, 0) is 45.2 Å². The number of thiophene rings is 1. The molecule has 7 heteroatoms. The van der Waals surface area contributed by atoms with Crippen molar-refractivity contribution in [3.63, 3.8) is 0 Å². The fraction of sp³-hybridized carbons (Fsp3) is 0.474. The van der Waals surface area contributed by atoms with Gasteiger partial charge in [-0.1, -0.05) is 0 Å². The zero-order chi connectivity index (χ0) is 18.3. The van der Waals surface area contributed by atoms with E-state index in [1.807, 2.05) is 11.8 Å². The Bertz CT molecular complexity index is 870. The molecular formula is C19H22N4O2S. The van der Waals surface area contributed by atoms with Gasteiger partial charge in [0.25, 0.3) is 5.91 Å². The molecule has 2 aliphatic rings. The molecule has 4 rings (SSSR count). The summed E-state index contributed by atoms with van der Waals surface area (Å²) in [5.74, 6) is 1.80. The number of hydrogen-bond donors (Lipinski definition) is 0. The summed E-state index contributed by atoms with van der Waals surface area (Å²) >= 11 is 1.27. The van der Waals surface area contributed by atoms with Crippen molar-refractivity contribution >= 4 is 28.8 Å². The minimum absolute atomic E-state index is 0.00309. The fourth-order valence-electron chi connectivity index (χ4n) is 3.69. The first-order chi connectivity index (χ1) is 12.5. The molecule has 2 aliphatic heterocycles. The average molecular weight is 370 g/mol. The molecule has 1 amide bonds. The molecule has 4 heterocycles. The van der Waals surface area contributed by atoms with Crippen molar-refractivity contribution in [1.82, 2.24) is 14.9 Å². The van der Waals surface area contributed by atoms with Crippen molar-refractivity contribution in [2.75, 3.05) is 24.5 Å². The summed E-state index contributed by atoms with van der Waals surface area (Å²) in [7, 11) is 0.